The van der Waals surface area contributed by atoms with Crippen molar-refractivity contribution in [3.63, 3.8) is 0 Å². The fraction of sp³-hybridized carbons (Fsp3) is 0.875. The Kier molecular flexibility index (Phi) is 4.53. The first-order valence-corrected chi connectivity index (χ1v) is 5.09. The lowest BCUT2D eigenvalue weighted by Crippen LogP contribution is -2.43. The molecule has 1 N–H and O–H groups in total. The minimum absolute atomic E-state index is 0.571. The molecule has 0 spiro atoms. The van der Waals surface area contributed by atoms with Crippen LogP contribution in [0.15, 0.2) is 0 Å². The number of hydrogen-bond donors (Lipinski definition) is 1. The lowest BCUT2D eigenvalue weighted by molar-refractivity contribution is -0.108. The van der Waals surface area contributed by atoms with Crippen LogP contribution in [0.1, 0.15) is 25.7 Å². The van der Waals surface area contributed by atoms with Crippen LogP contribution in [0.2, 0.25) is 0 Å². The molecular formula is C8H18B2N2O. The molecule has 0 saturated heterocycles. The fourth-order valence-corrected chi connectivity index (χ4v) is 2.09. The monoisotopic (exact) mass is 180 g/mol. The SMILES string of the molecule is BNC1CCCC(N(B)CC=O)C1. The Morgan fingerprint density at radius 3 is 2.92 bits per heavy atom. The molecule has 2 atom stereocenters. The number of carbonyl (C=O) groups excluding carboxylic acids is 1. The summed E-state index contributed by atoms with van der Waals surface area (Å²) in [6.07, 6.45) is 5.97. The van der Waals surface area contributed by atoms with E-state index in [2.05, 4.69) is 10.0 Å². The highest BCUT2D eigenvalue weighted by Gasteiger charge is 2.22. The maximum atomic E-state index is 10.4. The standard InChI is InChI=1S/C8H18B2N2O/c9-11-7-2-1-3-8(6-7)12(10)4-5-13/h5,7-8,11H,1-4,6,9-10H2. The summed E-state index contributed by atoms with van der Waals surface area (Å²) in [5.41, 5.74) is 0. The number of nitrogens with one attached hydrogen (secondary N) is 1. The van der Waals surface area contributed by atoms with E-state index in [-0.39, 0.29) is 0 Å². The first-order chi connectivity index (χ1) is 6.27. The predicted molar refractivity (Wildman–Crippen MR) is 59.0 cm³/mol. The van der Waals surface area contributed by atoms with Gasteiger partial charge >= 0.3 is 0 Å². The minimum atomic E-state index is 0.571. The van der Waals surface area contributed by atoms with Gasteiger partial charge in [0.25, 0.3) is 0 Å². The normalized spacial score (nSPS) is 29.0. The van der Waals surface area contributed by atoms with E-state index in [0.717, 1.165) is 6.29 Å². The van der Waals surface area contributed by atoms with Gasteiger partial charge < -0.3 is 14.8 Å². The Labute approximate surface area is 82.1 Å². The highest BCUT2D eigenvalue weighted by molar-refractivity contribution is 6.05. The zero-order chi connectivity index (χ0) is 9.68. The number of rotatable bonds is 4. The maximum absolute atomic E-state index is 10.4. The van der Waals surface area contributed by atoms with E-state index in [1.807, 2.05) is 16.0 Å². The quantitative estimate of drug-likeness (QED) is 0.421. The van der Waals surface area contributed by atoms with Crippen LogP contribution >= 0.6 is 0 Å². The minimum Gasteiger partial charge on any atom is -0.359 e. The van der Waals surface area contributed by atoms with Crippen molar-refractivity contribution in [1.82, 2.24) is 10.0 Å². The number of hydrogen-bond acceptors (Lipinski definition) is 3. The van der Waals surface area contributed by atoms with Gasteiger partial charge in [0.1, 0.15) is 6.29 Å². The molecule has 5 heteroatoms. The molecule has 1 rings (SSSR count). The van der Waals surface area contributed by atoms with Crippen LogP contribution in [-0.4, -0.2) is 45.7 Å². The largest absolute Gasteiger partial charge is 0.359 e. The molecule has 0 aromatic heterocycles. The number of carbonyl (C=O) groups is 1. The fourth-order valence-electron chi connectivity index (χ4n) is 2.09. The van der Waals surface area contributed by atoms with Gasteiger partial charge in [-0.05, 0) is 25.3 Å². The first-order valence-electron chi connectivity index (χ1n) is 5.09. The van der Waals surface area contributed by atoms with Gasteiger partial charge in [-0.25, -0.2) is 0 Å². The molecule has 0 heterocycles. The van der Waals surface area contributed by atoms with Crippen LogP contribution < -0.4 is 5.23 Å². The molecule has 1 saturated carbocycles. The molecule has 0 radical (unpaired) electrons. The summed E-state index contributed by atoms with van der Waals surface area (Å²) >= 11 is 0. The van der Waals surface area contributed by atoms with Crippen molar-refractivity contribution < 1.29 is 4.79 Å². The van der Waals surface area contributed by atoms with Crippen molar-refractivity contribution >= 4 is 22.2 Å². The van der Waals surface area contributed by atoms with E-state index >= 15 is 0 Å². The van der Waals surface area contributed by atoms with Gasteiger partial charge in [0.15, 0.2) is 16.0 Å². The van der Waals surface area contributed by atoms with Crippen molar-refractivity contribution in [2.75, 3.05) is 6.54 Å². The summed E-state index contributed by atoms with van der Waals surface area (Å²) in [5.74, 6) is 0. The summed E-state index contributed by atoms with van der Waals surface area (Å²) in [7, 11) is 4.06. The average molecular weight is 180 g/mol. The van der Waals surface area contributed by atoms with Gasteiger partial charge in [-0.3, -0.25) is 0 Å². The second kappa shape index (κ2) is 5.45. The van der Waals surface area contributed by atoms with Crippen molar-refractivity contribution in [2.24, 2.45) is 0 Å². The summed E-state index contributed by atoms with van der Waals surface area (Å²) < 4.78 is 0. The lowest BCUT2D eigenvalue weighted by atomic mass is 9.88. The lowest BCUT2D eigenvalue weighted by Gasteiger charge is -2.34. The molecule has 72 valence electrons. The van der Waals surface area contributed by atoms with Crippen LogP contribution in [0.4, 0.5) is 0 Å². The second-order valence-electron chi connectivity index (χ2n) is 3.91. The Morgan fingerprint density at radius 2 is 2.31 bits per heavy atom. The Balaban J connectivity index is 2.36. The molecule has 1 aliphatic carbocycles. The van der Waals surface area contributed by atoms with E-state index in [4.69, 9.17) is 0 Å². The van der Waals surface area contributed by atoms with Crippen molar-refractivity contribution in [2.45, 2.75) is 37.8 Å². The third kappa shape index (κ3) is 3.16. The molecule has 0 aliphatic heterocycles. The van der Waals surface area contributed by atoms with E-state index in [0.29, 0.717) is 18.6 Å². The Morgan fingerprint density at radius 1 is 1.54 bits per heavy atom. The van der Waals surface area contributed by atoms with Crippen LogP contribution in [0.3, 0.4) is 0 Å². The number of aldehydes is 1. The van der Waals surface area contributed by atoms with Gasteiger partial charge in [-0.1, -0.05) is 6.42 Å². The molecular weight excluding hydrogens is 162 g/mol. The van der Waals surface area contributed by atoms with Crippen LogP contribution in [0.25, 0.3) is 0 Å². The van der Waals surface area contributed by atoms with Gasteiger partial charge in [0.2, 0.25) is 0 Å². The molecule has 0 bridgehead atoms. The topological polar surface area (TPSA) is 32.3 Å². The zero-order valence-electron chi connectivity index (χ0n) is 8.62. The smallest absolute Gasteiger partial charge is 0.186 e. The average Bonchev–Trinajstić information content (AvgIpc) is 2.18. The molecule has 3 nitrogen and oxygen atoms in total. The molecule has 1 aliphatic rings. The Bertz CT molecular complexity index is 168. The third-order valence-electron chi connectivity index (χ3n) is 3.04. The summed E-state index contributed by atoms with van der Waals surface area (Å²) in [5, 5.41) is 3.32. The summed E-state index contributed by atoms with van der Waals surface area (Å²) in [6.45, 7) is 0.571. The van der Waals surface area contributed by atoms with Crippen molar-refractivity contribution in [1.29, 1.82) is 0 Å². The predicted octanol–water partition coefficient (Wildman–Crippen LogP) is -1.52. The zero-order valence-corrected chi connectivity index (χ0v) is 8.62. The molecule has 0 amide bonds. The van der Waals surface area contributed by atoms with E-state index in [1.54, 1.807) is 0 Å². The van der Waals surface area contributed by atoms with E-state index in [9.17, 15) is 4.79 Å². The summed E-state index contributed by atoms with van der Waals surface area (Å²) in [4.78, 5) is 12.5. The Hall–Kier alpha value is -0.280. The van der Waals surface area contributed by atoms with E-state index < -0.39 is 0 Å². The van der Waals surface area contributed by atoms with Crippen LogP contribution in [0.5, 0.6) is 0 Å². The molecule has 0 aromatic rings. The first kappa shape index (κ1) is 10.8. The van der Waals surface area contributed by atoms with Gasteiger partial charge in [0.05, 0.1) is 0 Å². The van der Waals surface area contributed by atoms with Crippen LogP contribution in [0, 0.1) is 0 Å². The molecule has 1 fully saturated rings. The van der Waals surface area contributed by atoms with Crippen LogP contribution in [-0.2, 0) is 4.79 Å². The maximum Gasteiger partial charge on any atom is 0.186 e. The second-order valence-corrected chi connectivity index (χ2v) is 3.91. The van der Waals surface area contributed by atoms with Crippen molar-refractivity contribution in [3.05, 3.63) is 0 Å². The van der Waals surface area contributed by atoms with E-state index in [1.165, 1.54) is 25.7 Å². The van der Waals surface area contributed by atoms with Crippen molar-refractivity contribution in [3.8, 4) is 0 Å². The number of nitrogens with zero attached hydrogens (tertiary/aromatic N) is 1. The molecule has 0 aromatic carbocycles. The highest BCUT2D eigenvalue weighted by atomic mass is 16.1. The van der Waals surface area contributed by atoms with Gasteiger partial charge in [0, 0.05) is 12.6 Å². The third-order valence-corrected chi connectivity index (χ3v) is 3.04. The highest BCUT2D eigenvalue weighted by Crippen LogP contribution is 2.21. The van der Waals surface area contributed by atoms with Gasteiger partial charge in [-0.15, -0.1) is 0 Å². The molecule has 2 unspecified atom stereocenters. The van der Waals surface area contributed by atoms with Gasteiger partial charge in [-0.2, -0.15) is 0 Å². The summed E-state index contributed by atoms with van der Waals surface area (Å²) in [6, 6.07) is 1.24. The molecule has 13 heavy (non-hydrogen) atoms.